The van der Waals surface area contributed by atoms with Crippen LogP contribution < -0.4 is 4.90 Å². The lowest BCUT2D eigenvalue weighted by Gasteiger charge is -2.21. The first kappa shape index (κ1) is 13.6. The van der Waals surface area contributed by atoms with E-state index in [2.05, 4.69) is 6.07 Å². The second-order valence-corrected chi connectivity index (χ2v) is 4.03. The number of anilines is 1. The van der Waals surface area contributed by atoms with Gasteiger partial charge in [0, 0.05) is 37.0 Å². The predicted molar refractivity (Wildman–Crippen MR) is 66.5 cm³/mol. The maximum Gasteiger partial charge on any atom is 0.270 e. The maximum absolute atomic E-state index is 10.9. The minimum atomic E-state index is -0.547. The van der Waals surface area contributed by atoms with Crippen molar-refractivity contribution in [3.8, 4) is 6.07 Å². The van der Waals surface area contributed by atoms with Crippen LogP contribution in [-0.4, -0.2) is 24.8 Å². The van der Waals surface area contributed by atoms with E-state index in [0.717, 1.165) is 0 Å². The fourth-order valence-corrected chi connectivity index (χ4v) is 1.65. The molecule has 0 heterocycles. The lowest BCUT2D eigenvalue weighted by molar-refractivity contribution is -0.384. The molecule has 0 amide bonds. The van der Waals surface area contributed by atoms with E-state index in [1.807, 2.05) is 0 Å². The van der Waals surface area contributed by atoms with E-state index in [0.29, 0.717) is 18.5 Å². The number of carbonyl (C=O) groups is 1. The first-order valence-electron chi connectivity index (χ1n) is 5.34. The second kappa shape index (κ2) is 5.77. The molecule has 0 aliphatic heterocycles. The zero-order valence-corrected chi connectivity index (χ0v) is 10.2. The van der Waals surface area contributed by atoms with Crippen molar-refractivity contribution in [1.82, 2.24) is 0 Å². The molecule has 0 spiro atoms. The minimum Gasteiger partial charge on any atom is -0.373 e. The van der Waals surface area contributed by atoms with Gasteiger partial charge < -0.3 is 4.90 Å². The number of hydrogen-bond acceptors (Lipinski definition) is 5. The van der Waals surface area contributed by atoms with Crippen molar-refractivity contribution in [3.05, 3.63) is 33.9 Å². The van der Waals surface area contributed by atoms with E-state index in [9.17, 15) is 14.9 Å². The Morgan fingerprint density at radius 2 is 2.28 bits per heavy atom. The van der Waals surface area contributed by atoms with Gasteiger partial charge in [0.1, 0.15) is 0 Å². The van der Waals surface area contributed by atoms with Crippen molar-refractivity contribution in [1.29, 1.82) is 5.26 Å². The lowest BCUT2D eigenvalue weighted by atomic mass is 10.1. The summed E-state index contributed by atoms with van der Waals surface area (Å²) < 4.78 is 0. The quantitative estimate of drug-likeness (QED) is 0.451. The third-order valence-corrected chi connectivity index (χ3v) is 2.53. The van der Waals surface area contributed by atoms with Crippen molar-refractivity contribution >= 4 is 17.7 Å². The SMILES string of the molecule is CC(C#N)CN(C)c1ccc([N+](=O)[O-])cc1C=O. The number of benzene rings is 1. The molecular weight excluding hydrogens is 234 g/mol. The molecule has 6 nitrogen and oxygen atoms in total. The van der Waals surface area contributed by atoms with Gasteiger partial charge in [-0.05, 0) is 13.0 Å². The average Bonchev–Trinajstić information content (AvgIpc) is 2.37. The highest BCUT2D eigenvalue weighted by Gasteiger charge is 2.14. The topological polar surface area (TPSA) is 87.2 Å². The van der Waals surface area contributed by atoms with E-state index in [1.54, 1.807) is 18.9 Å². The monoisotopic (exact) mass is 247 g/mol. The van der Waals surface area contributed by atoms with Gasteiger partial charge in [-0.3, -0.25) is 14.9 Å². The van der Waals surface area contributed by atoms with Gasteiger partial charge in [0.15, 0.2) is 6.29 Å². The van der Waals surface area contributed by atoms with Gasteiger partial charge in [0.25, 0.3) is 5.69 Å². The Kier molecular flexibility index (Phi) is 4.38. The van der Waals surface area contributed by atoms with E-state index >= 15 is 0 Å². The molecule has 1 aromatic rings. The summed E-state index contributed by atoms with van der Waals surface area (Å²) in [7, 11) is 1.74. The van der Waals surface area contributed by atoms with E-state index in [4.69, 9.17) is 5.26 Å². The van der Waals surface area contributed by atoms with Crippen LogP contribution in [0.25, 0.3) is 0 Å². The summed E-state index contributed by atoms with van der Waals surface area (Å²) in [6.45, 7) is 2.22. The number of nitriles is 1. The van der Waals surface area contributed by atoms with E-state index in [1.165, 1.54) is 18.2 Å². The van der Waals surface area contributed by atoms with E-state index < -0.39 is 4.92 Å². The van der Waals surface area contributed by atoms with Gasteiger partial charge in [-0.15, -0.1) is 0 Å². The first-order chi connectivity index (χ1) is 8.49. The summed E-state index contributed by atoms with van der Waals surface area (Å²) in [5.41, 5.74) is 0.706. The second-order valence-electron chi connectivity index (χ2n) is 4.03. The van der Waals surface area contributed by atoms with Crippen LogP contribution in [0, 0.1) is 27.4 Å². The molecule has 0 aliphatic carbocycles. The molecule has 0 aromatic heterocycles. The van der Waals surface area contributed by atoms with Crippen LogP contribution in [0.15, 0.2) is 18.2 Å². The molecule has 1 unspecified atom stereocenters. The van der Waals surface area contributed by atoms with Gasteiger partial charge >= 0.3 is 0 Å². The summed E-state index contributed by atoms with van der Waals surface area (Å²) in [4.78, 5) is 22.7. The van der Waals surface area contributed by atoms with Crippen molar-refractivity contribution < 1.29 is 9.72 Å². The number of nitro benzene ring substituents is 1. The van der Waals surface area contributed by atoms with Gasteiger partial charge in [-0.2, -0.15) is 5.26 Å². The molecule has 0 N–H and O–H groups in total. The van der Waals surface area contributed by atoms with Crippen molar-refractivity contribution in [2.75, 3.05) is 18.5 Å². The summed E-state index contributed by atoms with van der Waals surface area (Å²) >= 11 is 0. The molecule has 0 aliphatic rings. The fraction of sp³-hybridized carbons (Fsp3) is 0.333. The number of rotatable bonds is 5. The Morgan fingerprint density at radius 1 is 1.61 bits per heavy atom. The molecule has 1 rings (SSSR count). The molecule has 6 heteroatoms. The highest BCUT2D eigenvalue weighted by atomic mass is 16.6. The van der Waals surface area contributed by atoms with Crippen LogP contribution in [0.1, 0.15) is 17.3 Å². The molecule has 0 saturated carbocycles. The molecular formula is C12H13N3O3. The van der Waals surface area contributed by atoms with Crippen LogP contribution in [0.5, 0.6) is 0 Å². The summed E-state index contributed by atoms with van der Waals surface area (Å²) in [5.74, 6) is -0.190. The number of hydrogen-bond donors (Lipinski definition) is 0. The molecule has 1 aromatic carbocycles. The smallest absolute Gasteiger partial charge is 0.270 e. The lowest BCUT2D eigenvalue weighted by Crippen LogP contribution is -2.24. The van der Waals surface area contributed by atoms with Crippen LogP contribution in [0.3, 0.4) is 0 Å². The summed E-state index contributed by atoms with van der Waals surface area (Å²) in [6, 6.07) is 6.19. The van der Waals surface area contributed by atoms with Crippen LogP contribution in [0.2, 0.25) is 0 Å². The molecule has 0 bridgehead atoms. The Balaban J connectivity index is 3.06. The molecule has 1 atom stereocenters. The number of non-ortho nitro benzene ring substituents is 1. The van der Waals surface area contributed by atoms with E-state index in [-0.39, 0.29) is 17.2 Å². The predicted octanol–water partition coefficient (Wildman–Crippen LogP) is 2.00. The third kappa shape index (κ3) is 3.04. The number of carbonyl (C=O) groups excluding carboxylic acids is 1. The van der Waals surface area contributed by atoms with Gasteiger partial charge in [0.2, 0.25) is 0 Å². The van der Waals surface area contributed by atoms with Crippen LogP contribution in [-0.2, 0) is 0 Å². The Bertz CT molecular complexity index is 508. The van der Waals surface area contributed by atoms with Gasteiger partial charge in [-0.1, -0.05) is 0 Å². The molecule has 0 radical (unpaired) electrons. The van der Waals surface area contributed by atoms with Crippen molar-refractivity contribution in [3.63, 3.8) is 0 Å². The standard InChI is InChI=1S/C12H13N3O3/c1-9(6-13)7-14(2)12-4-3-11(15(17)18)5-10(12)8-16/h3-5,8-9H,7H2,1-2H3. The Morgan fingerprint density at radius 3 is 2.78 bits per heavy atom. The summed E-state index contributed by atoms with van der Waals surface area (Å²) in [5, 5.41) is 19.3. The molecule has 94 valence electrons. The van der Waals surface area contributed by atoms with Gasteiger partial charge in [0.05, 0.1) is 16.9 Å². The highest BCUT2D eigenvalue weighted by Crippen LogP contribution is 2.23. The number of aldehydes is 1. The van der Waals surface area contributed by atoms with Crippen molar-refractivity contribution in [2.24, 2.45) is 5.92 Å². The first-order valence-corrected chi connectivity index (χ1v) is 5.34. The Hall–Kier alpha value is -2.42. The zero-order chi connectivity index (χ0) is 13.7. The highest BCUT2D eigenvalue weighted by molar-refractivity contribution is 5.85. The molecule has 18 heavy (non-hydrogen) atoms. The summed E-state index contributed by atoms with van der Waals surface area (Å²) in [6.07, 6.45) is 0.579. The molecule has 0 fully saturated rings. The van der Waals surface area contributed by atoms with Crippen molar-refractivity contribution in [2.45, 2.75) is 6.92 Å². The van der Waals surface area contributed by atoms with Gasteiger partial charge in [-0.25, -0.2) is 0 Å². The third-order valence-electron chi connectivity index (χ3n) is 2.53. The average molecular weight is 247 g/mol. The number of nitrogens with zero attached hydrogens (tertiary/aromatic N) is 3. The van der Waals surface area contributed by atoms with Crippen LogP contribution in [0.4, 0.5) is 11.4 Å². The largest absolute Gasteiger partial charge is 0.373 e. The zero-order valence-electron chi connectivity index (χ0n) is 10.2. The fourth-order valence-electron chi connectivity index (χ4n) is 1.65. The normalized spacial score (nSPS) is 11.4. The number of nitro groups is 1. The minimum absolute atomic E-state index is 0.123. The Labute approximate surface area is 105 Å². The molecule has 0 saturated heterocycles. The maximum atomic E-state index is 10.9. The van der Waals surface area contributed by atoms with Crippen LogP contribution >= 0.6 is 0 Å².